The highest BCUT2D eigenvalue weighted by Crippen LogP contribution is 2.22. The molecule has 0 atom stereocenters. The number of hydrogen-bond donors (Lipinski definition) is 3. The van der Waals surface area contributed by atoms with Gasteiger partial charge in [0.2, 0.25) is 0 Å². The van der Waals surface area contributed by atoms with Crippen LogP contribution in [0.15, 0.2) is 6.58 Å². The van der Waals surface area contributed by atoms with E-state index in [1.165, 1.54) is 0 Å². The number of rotatable bonds is 1. The average Bonchev–Trinajstić information content (AvgIpc) is 2.53. The van der Waals surface area contributed by atoms with Crippen LogP contribution in [0.3, 0.4) is 0 Å². The number of imidazole rings is 1. The van der Waals surface area contributed by atoms with Crippen molar-refractivity contribution in [2.45, 2.75) is 13.3 Å². The number of nitrogens with zero attached hydrogens (tertiary/aromatic N) is 1. The van der Waals surface area contributed by atoms with E-state index in [-0.39, 0.29) is 0 Å². The van der Waals surface area contributed by atoms with Gasteiger partial charge < -0.3 is 4.98 Å². The van der Waals surface area contributed by atoms with Crippen molar-refractivity contribution in [1.29, 1.82) is 0 Å². The molecule has 1 aromatic rings. The van der Waals surface area contributed by atoms with Gasteiger partial charge in [0.05, 0.1) is 5.70 Å². The molecule has 0 radical (unpaired) electrons. The van der Waals surface area contributed by atoms with Gasteiger partial charge in [-0.05, 0) is 0 Å². The molecule has 58 valence electrons. The number of fused-ring (bicyclic) bond motifs is 1. The van der Waals surface area contributed by atoms with Crippen molar-refractivity contribution in [2.75, 3.05) is 5.43 Å². The van der Waals surface area contributed by atoms with Crippen LogP contribution >= 0.6 is 0 Å². The normalized spacial score (nSPS) is 14.1. The first-order valence-electron chi connectivity index (χ1n) is 3.61. The molecular formula is C7H10N4. The second kappa shape index (κ2) is 2.02. The number of H-pyrrole nitrogens is 1. The summed E-state index contributed by atoms with van der Waals surface area (Å²) in [6.45, 7) is 5.86. The molecule has 0 aromatic carbocycles. The minimum absolute atomic E-state index is 0.854. The van der Waals surface area contributed by atoms with Gasteiger partial charge in [-0.25, -0.2) is 4.98 Å². The van der Waals surface area contributed by atoms with Crippen LogP contribution in [-0.4, -0.2) is 9.97 Å². The largest absolute Gasteiger partial charge is 0.339 e. The molecule has 0 aliphatic carbocycles. The lowest BCUT2D eigenvalue weighted by Gasteiger charge is -1.95. The first-order valence-corrected chi connectivity index (χ1v) is 3.61. The maximum Gasteiger partial charge on any atom is 0.172 e. The zero-order valence-corrected chi connectivity index (χ0v) is 6.36. The fraction of sp³-hybridized carbons (Fsp3) is 0.286. The van der Waals surface area contributed by atoms with E-state index in [0.717, 1.165) is 29.5 Å². The van der Waals surface area contributed by atoms with Crippen LogP contribution in [0.5, 0.6) is 0 Å². The summed E-state index contributed by atoms with van der Waals surface area (Å²) in [4.78, 5) is 7.43. The van der Waals surface area contributed by atoms with E-state index in [4.69, 9.17) is 0 Å². The van der Waals surface area contributed by atoms with Crippen LogP contribution in [0.2, 0.25) is 0 Å². The molecule has 1 aliphatic rings. The molecule has 0 amide bonds. The number of aryl methyl sites for hydroxylation is 1. The van der Waals surface area contributed by atoms with Gasteiger partial charge in [0, 0.05) is 6.42 Å². The van der Waals surface area contributed by atoms with Gasteiger partial charge in [-0.15, -0.1) is 0 Å². The summed E-state index contributed by atoms with van der Waals surface area (Å²) >= 11 is 0. The molecule has 4 nitrogen and oxygen atoms in total. The van der Waals surface area contributed by atoms with Crippen molar-refractivity contribution in [3.05, 3.63) is 18.1 Å². The van der Waals surface area contributed by atoms with Crippen molar-refractivity contribution in [3.8, 4) is 0 Å². The van der Waals surface area contributed by atoms with Crippen LogP contribution in [0.25, 0.3) is 5.70 Å². The number of aromatic nitrogens is 2. The third-order valence-electron chi connectivity index (χ3n) is 1.72. The number of nitrogens with one attached hydrogen (secondary N) is 3. The van der Waals surface area contributed by atoms with E-state index < -0.39 is 0 Å². The van der Waals surface area contributed by atoms with Crippen molar-refractivity contribution < 1.29 is 0 Å². The molecule has 0 saturated heterocycles. The number of hydrazine groups is 1. The monoisotopic (exact) mass is 150 g/mol. The van der Waals surface area contributed by atoms with Crippen molar-refractivity contribution in [2.24, 2.45) is 0 Å². The van der Waals surface area contributed by atoms with Crippen LogP contribution in [0, 0.1) is 0 Å². The van der Waals surface area contributed by atoms with Gasteiger partial charge >= 0.3 is 0 Å². The summed E-state index contributed by atoms with van der Waals surface area (Å²) in [5, 5.41) is 0. The Morgan fingerprint density at radius 2 is 2.27 bits per heavy atom. The SMILES string of the molecule is C=C1NNc2nc(CC)[nH]c21. The van der Waals surface area contributed by atoms with Crippen molar-refractivity contribution in [3.63, 3.8) is 0 Å². The van der Waals surface area contributed by atoms with E-state index in [2.05, 4.69) is 34.3 Å². The summed E-state index contributed by atoms with van der Waals surface area (Å²) in [5.41, 5.74) is 7.62. The summed E-state index contributed by atoms with van der Waals surface area (Å²) in [6, 6.07) is 0. The summed E-state index contributed by atoms with van der Waals surface area (Å²) in [7, 11) is 0. The Morgan fingerprint density at radius 3 is 2.91 bits per heavy atom. The predicted molar refractivity (Wildman–Crippen MR) is 43.8 cm³/mol. The molecule has 2 heterocycles. The number of hydrogen-bond acceptors (Lipinski definition) is 3. The van der Waals surface area contributed by atoms with E-state index in [1.54, 1.807) is 0 Å². The second-order valence-corrected chi connectivity index (χ2v) is 2.49. The van der Waals surface area contributed by atoms with E-state index >= 15 is 0 Å². The lowest BCUT2D eigenvalue weighted by molar-refractivity contribution is 0.968. The molecule has 11 heavy (non-hydrogen) atoms. The van der Waals surface area contributed by atoms with Crippen LogP contribution in [0.1, 0.15) is 18.4 Å². The van der Waals surface area contributed by atoms with Crippen LogP contribution in [0.4, 0.5) is 5.82 Å². The lowest BCUT2D eigenvalue weighted by atomic mass is 10.4. The molecule has 0 unspecified atom stereocenters. The topological polar surface area (TPSA) is 52.7 Å². The molecule has 2 rings (SSSR count). The lowest BCUT2D eigenvalue weighted by Crippen LogP contribution is -2.11. The Labute approximate surface area is 64.7 Å². The van der Waals surface area contributed by atoms with E-state index in [9.17, 15) is 0 Å². The summed E-state index contributed by atoms with van der Waals surface area (Å²) < 4.78 is 0. The highest BCUT2D eigenvalue weighted by atomic mass is 15.4. The fourth-order valence-corrected chi connectivity index (χ4v) is 1.10. The van der Waals surface area contributed by atoms with Crippen LogP contribution < -0.4 is 10.9 Å². The van der Waals surface area contributed by atoms with Crippen molar-refractivity contribution in [1.82, 2.24) is 15.4 Å². The van der Waals surface area contributed by atoms with Gasteiger partial charge in [0.25, 0.3) is 0 Å². The summed E-state index contributed by atoms with van der Waals surface area (Å²) in [5.74, 6) is 1.84. The second-order valence-electron chi connectivity index (χ2n) is 2.49. The first-order chi connectivity index (χ1) is 5.31. The Balaban J connectivity index is 2.46. The molecule has 0 fully saturated rings. The highest BCUT2D eigenvalue weighted by molar-refractivity contribution is 5.74. The molecule has 4 heteroatoms. The maximum absolute atomic E-state index is 4.27. The smallest absolute Gasteiger partial charge is 0.172 e. The molecule has 0 spiro atoms. The molecule has 1 aliphatic heterocycles. The standard InChI is InChI=1S/C7H10N4/c1-3-5-8-6-4(2)10-11-7(6)9-5/h10-11H,2-3H2,1H3,(H,8,9). The predicted octanol–water partition coefficient (Wildman–Crippen LogP) is 0.873. The Morgan fingerprint density at radius 1 is 1.45 bits per heavy atom. The minimum atomic E-state index is 0.854. The molecule has 1 aromatic heterocycles. The zero-order valence-electron chi connectivity index (χ0n) is 6.36. The van der Waals surface area contributed by atoms with Gasteiger partial charge in [0.15, 0.2) is 5.82 Å². The van der Waals surface area contributed by atoms with Gasteiger partial charge in [-0.1, -0.05) is 13.5 Å². The van der Waals surface area contributed by atoms with E-state index in [0.29, 0.717) is 0 Å². The Kier molecular flexibility index (Phi) is 1.15. The van der Waals surface area contributed by atoms with Gasteiger partial charge in [-0.3, -0.25) is 10.9 Å². The van der Waals surface area contributed by atoms with Gasteiger partial charge in [0.1, 0.15) is 11.5 Å². The molecular weight excluding hydrogens is 140 g/mol. The third-order valence-corrected chi connectivity index (χ3v) is 1.72. The summed E-state index contributed by atoms with van der Waals surface area (Å²) in [6.07, 6.45) is 0.919. The van der Waals surface area contributed by atoms with Crippen LogP contribution in [-0.2, 0) is 6.42 Å². The number of aromatic amines is 1. The molecule has 0 bridgehead atoms. The van der Waals surface area contributed by atoms with Crippen molar-refractivity contribution >= 4 is 11.5 Å². The van der Waals surface area contributed by atoms with Gasteiger partial charge in [-0.2, -0.15) is 0 Å². The Bertz CT molecular complexity index is 299. The highest BCUT2D eigenvalue weighted by Gasteiger charge is 2.17. The van der Waals surface area contributed by atoms with E-state index in [1.807, 2.05) is 0 Å². The fourth-order valence-electron chi connectivity index (χ4n) is 1.10. The average molecular weight is 150 g/mol. The molecule has 3 N–H and O–H groups in total. The quantitative estimate of drug-likeness (QED) is 0.557. The number of anilines is 1. The maximum atomic E-state index is 4.27. The first kappa shape index (κ1) is 6.27. The zero-order chi connectivity index (χ0) is 7.84. The minimum Gasteiger partial charge on any atom is -0.339 e. The Hall–Kier alpha value is -1.45. The molecule has 0 saturated carbocycles. The third kappa shape index (κ3) is 0.790.